The lowest BCUT2D eigenvalue weighted by atomic mass is 10.1. The highest BCUT2D eigenvalue weighted by Gasteiger charge is 2.03. The van der Waals surface area contributed by atoms with Crippen molar-refractivity contribution in [3.63, 3.8) is 0 Å². The fraction of sp³-hybridized carbons (Fsp3) is 0.286. The molecular weight excluding hydrogens is 212 g/mol. The van der Waals surface area contributed by atoms with E-state index in [9.17, 15) is 4.79 Å². The summed E-state index contributed by atoms with van der Waals surface area (Å²) in [5.74, 6) is -0.0498. The molecule has 0 unspecified atom stereocenters. The highest BCUT2D eigenvalue weighted by molar-refractivity contribution is 5.94. The Kier molecular flexibility index (Phi) is 5.14. The van der Waals surface area contributed by atoms with E-state index in [1.165, 1.54) is 0 Å². The van der Waals surface area contributed by atoms with Gasteiger partial charge in [0.05, 0.1) is 0 Å². The van der Waals surface area contributed by atoms with Crippen LogP contribution in [-0.4, -0.2) is 25.7 Å². The summed E-state index contributed by atoms with van der Waals surface area (Å²) in [6.45, 7) is 4.49. The Hall–Kier alpha value is -1.90. The highest BCUT2D eigenvalue weighted by Crippen LogP contribution is 2.02. The minimum absolute atomic E-state index is 0.0498. The number of hydrogen-bond donors (Lipinski definition) is 1. The van der Waals surface area contributed by atoms with Gasteiger partial charge in [-0.15, -0.1) is 0 Å². The van der Waals surface area contributed by atoms with Crippen molar-refractivity contribution >= 4 is 12.1 Å². The van der Waals surface area contributed by atoms with Crippen molar-refractivity contribution in [3.05, 3.63) is 47.0 Å². The van der Waals surface area contributed by atoms with Gasteiger partial charge in [-0.05, 0) is 32.1 Å². The molecular formula is C14H18N2O. The largest absolute Gasteiger partial charge is 0.348 e. The molecule has 0 bridgehead atoms. The lowest BCUT2D eigenvalue weighted by Gasteiger charge is -2.05. The summed E-state index contributed by atoms with van der Waals surface area (Å²) in [4.78, 5) is 15.6. The van der Waals surface area contributed by atoms with E-state index in [4.69, 9.17) is 0 Å². The summed E-state index contributed by atoms with van der Waals surface area (Å²) in [6, 6.07) is 7.52. The third-order valence-corrected chi connectivity index (χ3v) is 2.35. The summed E-state index contributed by atoms with van der Waals surface area (Å²) in [6.07, 6.45) is 3.60. The molecule has 0 radical (unpaired) electrons. The minimum Gasteiger partial charge on any atom is -0.348 e. The Bertz CT molecular complexity index is 430. The first-order valence-electron chi connectivity index (χ1n) is 5.56. The van der Waals surface area contributed by atoms with E-state index in [1.807, 2.05) is 44.2 Å². The molecule has 1 aromatic carbocycles. The van der Waals surface area contributed by atoms with E-state index in [1.54, 1.807) is 13.3 Å². The van der Waals surface area contributed by atoms with Gasteiger partial charge in [-0.3, -0.25) is 9.79 Å². The lowest BCUT2D eigenvalue weighted by Crippen LogP contribution is -2.25. The summed E-state index contributed by atoms with van der Waals surface area (Å²) in [7, 11) is 1.72. The number of amides is 1. The average molecular weight is 230 g/mol. The van der Waals surface area contributed by atoms with Crippen molar-refractivity contribution < 1.29 is 4.79 Å². The average Bonchev–Trinajstić information content (AvgIpc) is 2.34. The first-order chi connectivity index (χ1) is 8.13. The summed E-state index contributed by atoms with van der Waals surface area (Å²) in [5.41, 5.74) is 2.90. The maximum atomic E-state index is 11.8. The van der Waals surface area contributed by atoms with Crippen LogP contribution in [0.25, 0.3) is 0 Å². The lowest BCUT2D eigenvalue weighted by molar-refractivity contribution is 0.0957. The number of nitrogens with zero attached hydrogens (tertiary/aromatic N) is 1. The van der Waals surface area contributed by atoms with Crippen LogP contribution in [0.15, 0.2) is 40.9 Å². The van der Waals surface area contributed by atoms with Crippen molar-refractivity contribution in [2.24, 2.45) is 4.99 Å². The van der Waals surface area contributed by atoms with Crippen LogP contribution in [0.3, 0.4) is 0 Å². The normalized spacial score (nSPS) is 11.8. The molecule has 0 fully saturated rings. The molecule has 0 saturated carbocycles. The number of carbonyl (C=O) groups is 1. The predicted octanol–water partition coefficient (Wildman–Crippen LogP) is 2.37. The first kappa shape index (κ1) is 13.2. The Morgan fingerprint density at radius 1 is 1.35 bits per heavy atom. The van der Waals surface area contributed by atoms with E-state index < -0.39 is 0 Å². The molecule has 3 nitrogen and oxygen atoms in total. The van der Waals surface area contributed by atoms with Gasteiger partial charge in [0.15, 0.2) is 0 Å². The predicted molar refractivity (Wildman–Crippen MR) is 71.7 cm³/mol. The molecule has 0 saturated heterocycles. The van der Waals surface area contributed by atoms with Crippen molar-refractivity contribution in [2.45, 2.75) is 13.8 Å². The fourth-order valence-electron chi connectivity index (χ4n) is 1.29. The van der Waals surface area contributed by atoms with Gasteiger partial charge in [0.1, 0.15) is 0 Å². The van der Waals surface area contributed by atoms with Gasteiger partial charge >= 0.3 is 0 Å². The third-order valence-electron chi connectivity index (χ3n) is 2.35. The number of carbonyl (C=O) groups excluding carboxylic acids is 1. The number of allylic oxidation sites excluding steroid dienone is 1. The topological polar surface area (TPSA) is 41.5 Å². The van der Waals surface area contributed by atoms with Gasteiger partial charge in [0.25, 0.3) is 5.91 Å². The molecule has 90 valence electrons. The monoisotopic (exact) mass is 230 g/mol. The molecule has 3 heteroatoms. The van der Waals surface area contributed by atoms with Crippen molar-refractivity contribution in [1.29, 1.82) is 0 Å². The number of rotatable bonds is 4. The summed E-state index contributed by atoms with van der Waals surface area (Å²) in [5, 5.41) is 2.86. The molecule has 0 aliphatic rings. The molecule has 1 N–H and O–H groups in total. The second kappa shape index (κ2) is 6.63. The molecule has 0 atom stereocenters. The zero-order chi connectivity index (χ0) is 12.7. The fourth-order valence-corrected chi connectivity index (χ4v) is 1.29. The smallest absolute Gasteiger partial charge is 0.251 e. The van der Waals surface area contributed by atoms with Crippen LogP contribution in [0.5, 0.6) is 0 Å². The van der Waals surface area contributed by atoms with Crippen molar-refractivity contribution in [1.82, 2.24) is 5.32 Å². The summed E-state index contributed by atoms with van der Waals surface area (Å²) >= 11 is 0. The molecule has 0 aliphatic carbocycles. The molecule has 1 rings (SSSR count). The second-order valence-electron chi connectivity index (χ2n) is 3.97. The number of nitrogens with one attached hydrogen (secondary N) is 1. The Labute approximate surface area is 102 Å². The number of aliphatic imine (C=N–C) groups is 1. The molecule has 0 aliphatic heterocycles. The van der Waals surface area contributed by atoms with Crippen LogP contribution in [0.4, 0.5) is 0 Å². The SMILES string of the molecule is CN=C/C=C(\C)CNC(=O)c1ccc(C)cc1. The van der Waals surface area contributed by atoms with Crippen LogP contribution in [0, 0.1) is 6.92 Å². The Balaban J connectivity index is 2.53. The van der Waals surface area contributed by atoms with E-state index in [0.29, 0.717) is 12.1 Å². The van der Waals surface area contributed by atoms with Crippen LogP contribution < -0.4 is 5.32 Å². The number of hydrogen-bond acceptors (Lipinski definition) is 2. The van der Waals surface area contributed by atoms with Crippen LogP contribution >= 0.6 is 0 Å². The third kappa shape index (κ3) is 4.64. The zero-order valence-corrected chi connectivity index (χ0v) is 10.5. The van der Waals surface area contributed by atoms with Crippen LogP contribution in [-0.2, 0) is 0 Å². The molecule has 1 amide bonds. The molecule has 17 heavy (non-hydrogen) atoms. The standard InChI is InChI=1S/C14H18N2O/c1-11-4-6-13(7-5-11)14(17)16-10-12(2)8-9-15-3/h4-9H,10H2,1-3H3,(H,16,17)/b12-8+,15-9?. The van der Waals surface area contributed by atoms with Gasteiger partial charge in [-0.1, -0.05) is 23.3 Å². The molecule has 1 aromatic rings. The molecule has 0 aromatic heterocycles. The first-order valence-corrected chi connectivity index (χ1v) is 5.56. The van der Waals surface area contributed by atoms with E-state index in [-0.39, 0.29) is 5.91 Å². The van der Waals surface area contributed by atoms with Crippen LogP contribution in [0.1, 0.15) is 22.8 Å². The maximum Gasteiger partial charge on any atom is 0.251 e. The molecule has 0 heterocycles. The van der Waals surface area contributed by atoms with Crippen molar-refractivity contribution in [3.8, 4) is 0 Å². The van der Waals surface area contributed by atoms with Gasteiger partial charge in [0.2, 0.25) is 0 Å². The van der Waals surface area contributed by atoms with Gasteiger partial charge in [-0.2, -0.15) is 0 Å². The Morgan fingerprint density at radius 2 is 2.00 bits per heavy atom. The van der Waals surface area contributed by atoms with Crippen molar-refractivity contribution in [2.75, 3.05) is 13.6 Å². The van der Waals surface area contributed by atoms with Gasteiger partial charge in [-0.25, -0.2) is 0 Å². The number of aryl methyl sites for hydroxylation is 1. The molecule has 0 spiro atoms. The second-order valence-corrected chi connectivity index (χ2v) is 3.97. The van der Waals surface area contributed by atoms with Gasteiger partial charge < -0.3 is 5.32 Å². The quantitative estimate of drug-likeness (QED) is 0.793. The minimum atomic E-state index is -0.0498. The van der Waals surface area contributed by atoms with E-state index >= 15 is 0 Å². The Morgan fingerprint density at radius 3 is 2.59 bits per heavy atom. The van der Waals surface area contributed by atoms with Crippen LogP contribution in [0.2, 0.25) is 0 Å². The number of benzene rings is 1. The maximum absolute atomic E-state index is 11.8. The van der Waals surface area contributed by atoms with E-state index in [0.717, 1.165) is 11.1 Å². The highest BCUT2D eigenvalue weighted by atomic mass is 16.1. The summed E-state index contributed by atoms with van der Waals surface area (Å²) < 4.78 is 0. The zero-order valence-electron chi connectivity index (χ0n) is 10.5. The van der Waals surface area contributed by atoms with E-state index in [2.05, 4.69) is 10.3 Å². The van der Waals surface area contributed by atoms with Gasteiger partial charge in [0, 0.05) is 25.4 Å².